The molecule has 184 valence electrons. The number of pyridine rings is 1. The first-order valence-corrected chi connectivity index (χ1v) is 10.9. The zero-order valence-electron chi connectivity index (χ0n) is 19.4. The molecule has 1 saturated heterocycles. The molecular formula is C24H25F2N5O4. The van der Waals surface area contributed by atoms with Crippen molar-refractivity contribution in [3.05, 3.63) is 55.1 Å². The Morgan fingerprint density at radius 1 is 1.06 bits per heavy atom. The number of nitrogens with zero attached hydrogens (tertiary/aromatic N) is 4. The van der Waals surface area contributed by atoms with E-state index in [4.69, 9.17) is 9.47 Å². The summed E-state index contributed by atoms with van der Waals surface area (Å²) < 4.78 is 40.1. The fourth-order valence-electron chi connectivity index (χ4n) is 3.30. The van der Waals surface area contributed by atoms with E-state index in [-0.39, 0.29) is 29.6 Å². The molecule has 1 N–H and O–H groups in total. The maximum atomic E-state index is 12.4. The third-order valence-corrected chi connectivity index (χ3v) is 4.84. The second-order valence-electron chi connectivity index (χ2n) is 8.90. The molecule has 1 aliphatic rings. The summed E-state index contributed by atoms with van der Waals surface area (Å²) in [6.07, 6.45) is 6.22. The number of carbonyl (C=O) groups excluding carboxylic acids is 1. The number of likely N-dealkylation sites (tertiary alicyclic amines) is 1. The standard InChI is InChI=1S/C24H25F2N5O4/c1-24(2,3)35-23(32)31-13-18(14-31)30-17-7-15(9-27-12-17)16-10-28-22(29-11-16)34-20-6-4-5-19(8-20)33-21(25)26/h4-12,18,21,30H,13-14H2,1-3H3. The van der Waals surface area contributed by atoms with E-state index in [1.807, 2.05) is 26.8 Å². The summed E-state index contributed by atoms with van der Waals surface area (Å²) in [5, 5.41) is 3.36. The molecule has 0 radical (unpaired) electrons. The van der Waals surface area contributed by atoms with Gasteiger partial charge >= 0.3 is 18.7 Å². The van der Waals surface area contributed by atoms with Gasteiger partial charge in [0.25, 0.3) is 0 Å². The molecule has 4 rings (SSSR count). The van der Waals surface area contributed by atoms with E-state index in [1.54, 1.807) is 35.8 Å². The van der Waals surface area contributed by atoms with Gasteiger partial charge in [-0.1, -0.05) is 6.07 Å². The van der Waals surface area contributed by atoms with Gasteiger partial charge in [-0.15, -0.1) is 0 Å². The number of rotatable bonds is 7. The predicted molar refractivity (Wildman–Crippen MR) is 124 cm³/mol. The van der Waals surface area contributed by atoms with Crippen molar-refractivity contribution in [1.82, 2.24) is 19.9 Å². The van der Waals surface area contributed by atoms with Crippen LogP contribution in [0.4, 0.5) is 19.3 Å². The third kappa shape index (κ3) is 6.75. The second kappa shape index (κ2) is 10.1. The number of carbonyl (C=O) groups is 1. The lowest BCUT2D eigenvalue weighted by Crippen LogP contribution is -2.57. The molecule has 1 aliphatic heterocycles. The molecule has 3 aromatic rings. The van der Waals surface area contributed by atoms with Gasteiger partial charge in [-0.25, -0.2) is 14.8 Å². The van der Waals surface area contributed by atoms with Crippen LogP contribution >= 0.6 is 0 Å². The zero-order valence-corrected chi connectivity index (χ0v) is 19.4. The Balaban J connectivity index is 1.34. The van der Waals surface area contributed by atoms with Gasteiger partial charge in [0.2, 0.25) is 0 Å². The Kier molecular flexibility index (Phi) is 6.94. The molecule has 0 atom stereocenters. The lowest BCUT2D eigenvalue weighted by atomic mass is 10.1. The van der Waals surface area contributed by atoms with E-state index in [0.717, 1.165) is 11.3 Å². The van der Waals surface area contributed by atoms with Crippen molar-refractivity contribution in [2.75, 3.05) is 18.4 Å². The highest BCUT2D eigenvalue weighted by atomic mass is 19.3. The van der Waals surface area contributed by atoms with E-state index in [2.05, 4.69) is 25.0 Å². The van der Waals surface area contributed by atoms with Crippen molar-refractivity contribution in [2.24, 2.45) is 0 Å². The van der Waals surface area contributed by atoms with Crippen LogP contribution < -0.4 is 14.8 Å². The number of benzene rings is 1. The van der Waals surface area contributed by atoms with Crippen molar-refractivity contribution in [3.63, 3.8) is 0 Å². The molecule has 1 amide bonds. The first kappa shape index (κ1) is 24.1. The molecule has 3 heterocycles. The zero-order chi connectivity index (χ0) is 25.0. The molecular weight excluding hydrogens is 460 g/mol. The Hall–Kier alpha value is -4.02. The molecule has 0 aliphatic carbocycles. The average Bonchev–Trinajstić information content (AvgIpc) is 2.75. The van der Waals surface area contributed by atoms with Crippen LogP contribution in [0.15, 0.2) is 55.1 Å². The monoisotopic (exact) mass is 485 g/mol. The normalized spacial score (nSPS) is 13.8. The van der Waals surface area contributed by atoms with Gasteiger partial charge in [-0.3, -0.25) is 4.98 Å². The fourth-order valence-corrected chi connectivity index (χ4v) is 3.30. The van der Waals surface area contributed by atoms with Gasteiger partial charge in [0.15, 0.2) is 0 Å². The van der Waals surface area contributed by atoms with E-state index in [9.17, 15) is 13.6 Å². The SMILES string of the molecule is CC(C)(C)OC(=O)N1CC(Nc2cncc(-c3cnc(Oc4cccc(OC(F)F)c4)nc3)c2)C1. The number of nitrogens with one attached hydrogen (secondary N) is 1. The maximum Gasteiger partial charge on any atom is 0.410 e. The summed E-state index contributed by atoms with van der Waals surface area (Å²) in [4.78, 5) is 26.4. The van der Waals surface area contributed by atoms with Crippen molar-refractivity contribution >= 4 is 11.8 Å². The van der Waals surface area contributed by atoms with Crippen LogP contribution in [0.5, 0.6) is 17.5 Å². The Bertz CT molecular complexity index is 1170. The number of hydrogen-bond donors (Lipinski definition) is 1. The fraction of sp³-hybridized carbons (Fsp3) is 0.333. The molecule has 0 spiro atoms. The summed E-state index contributed by atoms with van der Waals surface area (Å²) >= 11 is 0. The van der Waals surface area contributed by atoms with Gasteiger partial charge < -0.3 is 24.4 Å². The van der Waals surface area contributed by atoms with Gasteiger partial charge in [-0.05, 0) is 39.0 Å². The largest absolute Gasteiger partial charge is 0.444 e. The van der Waals surface area contributed by atoms with Gasteiger partial charge in [-0.2, -0.15) is 8.78 Å². The first-order valence-electron chi connectivity index (χ1n) is 10.9. The Morgan fingerprint density at radius 2 is 1.77 bits per heavy atom. The van der Waals surface area contributed by atoms with Gasteiger partial charge in [0.1, 0.15) is 17.1 Å². The molecule has 1 aromatic carbocycles. The lowest BCUT2D eigenvalue weighted by molar-refractivity contribution is -0.0499. The first-order chi connectivity index (χ1) is 16.6. The van der Waals surface area contributed by atoms with Crippen LogP contribution in [-0.4, -0.2) is 57.3 Å². The summed E-state index contributed by atoms with van der Waals surface area (Å²) in [5.41, 5.74) is 1.78. The number of aromatic nitrogens is 3. The molecule has 0 unspecified atom stereocenters. The van der Waals surface area contributed by atoms with E-state index in [0.29, 0.717) is 18.7 Å². The summed E-state index contributed by atoms with van der Waals surface area (Å²) in [6.45, 7) is 3.67. The highest BCUT2D eigenvalue weighted by Gasteiger charge is 2.33. The van der Waals surface area contributed by atoms with Crippen LogP contribution in [0.2, 0.25) is 0 Å². The number of hydrogen-bond acceptors (Lipinski definition) is 8. The molecule has 0 bridgehead atoms. The van der Waals surface area contributed by atoms with E-state index < -0.39 is 12.2 Å². The number of halogens is 2. The average molecular weight is 485 g/mol. The third-order valence-electron chi connectivity index (χ3n) is 4.84. The molecule has 1 fully saturated rings. The van der Waals surface area contributed by atoms with Gasteiger partial charge in [0, 0.05) is 55.1 Å². The minimum absolute atomic E-state index is 0.0230. The van der Waals surface area contributed by atoms with Crippen molar-refractivity contribution in [2.45, 2.75) is 39.0 Å². The molecule has 35 heavy (non-hydrogen) atoms. The quantitative estimate of drug-likeness (QED) is 0.501. The molecule has 2 aromatic heterocycles. The van der Waals surface area contributed by atoms with Crippen LogP contribution in [-0.2, 0) is 4.74 Å². The summed E-state index contributed by atoms with van der Waals surface area (Å²) in [5.74, 6) is 0.245. The van der Waals surface area contributed by atoms with Crippen LogP contribution in [0.3, 0.4) is 0 Å². The number of alkyl halides is 2. The second-order valence-corrected chi connectivity index (χ2v) is 8.90. The van der Waals surface area contributed by atoms with Crippen molar-refractivity contribution in [1.29, 1.82) is 0 Å². The number of ether oxygens (including phenoxy) is 3. The minimum Gasteiger partial charge on any atom is -0.444 e. The number of anilines is 1. The lowest BCUT2D eigenvalue weighted by Gasteiger charge is -2.40. The van der Waals surface area contributed by atoms with Crippen LogP contribution in [0, 0.1) is 0 Å². The van der Waals surface area contributed by atoms with Crippen molar-refractivity contribution in [3.8, 4) is 28.6 Å². The molecule has 11 heteroatoms. The Labute approximate surface area is 201 Å². The minimum atomic E-state index is -2.92. The predicted octanol–water partition coefficient (Wildman–Crippen LogP) is 4.96. The van der Waals surface area contributed by atoms with Crippen molar-refractivity contribution < 1.29 is 27.8 Å². The number of amides is 1. The molecule has 9 nitrogen and oxygen atoms in total. The van der Waals surface area contributed by atoms with Crippen LogP contribution in [0.1, 0.15) is 20.8 Å². The summed E-state index contributed by atoms with van der Waals surface area (Å²) in [7, 11) is 0. The topological polar surface area (TPSA) is 98.7 Å². The highest BCUT2D eigenvalue weighted by Crippen LogP contribution is 2.26. The Morgan fingerprint density at radius 3 is 2.46 bits per heavy atom. The van der Waals surface area contributed by atoms with E-state index in [1.165, 1.54) is 18.2 Å². The smallest absolute Gasteiger partial charge is 0.410 e. The van der Waals surface area contributed by atoms with Crippen LogP contribution in [0.25, 0.3) is 11.1 Å². The molecule has 0 saturated carbocycles. The van der Waals surface area contributed by atoms with Gasteiger partial charge in [0.05, 0.1) is 11.7 Å². The van der Waals surface area contributed by atoms with E-state index >= 15 is 0 Å². The maximum absolute atomic E-state index is 12.4. The highest BCUT2D eigenvalue weighted by molar-refractivity contribution is 5.70. The summed E-state index contributed by atoms with van der Waals surface area (Å²) in [6, 6.07) is 7.90.